The normalized spacial score (nSPS) is 14.6. The number of thiophene rings is 2. The summed E-state index contributed by atoms with van der Waals surface area (Å²) in [6.07, 6.45) is 0. The van der Waals surface area contributed by atoms with E-state index in [1.807, 2.05) is 69.7 Å². The Morgan fingerprint density at radius 3 is 1.16 bits per heavy atom. The van der Waals surface area contributed by atoms with Crippen molar-refractivity contribution in [2.24, 2.45) is 0 Å². The van der Waals surface area contributed by atoms with E-state index in [0.717, 1.165) is 0 Å². The predicted octanol–water partition coefficient (Wildman–Crippen LogP) is 10.6. The van der Waals surface area contributed by atoms with Gasteiger partial charge in [-0.15, -0.1) is 22.7 Å². The van der Waals surface area contributed by atoms with Crippen LogP contribution in [0, 0.1) is 0 Å². The van der Waals surface area contributed by atoms with E-state index in [1.165, 1.54) is 58.7 Å². The van der Waals surface area contributed by atoms with Crippen LogP contribution < -0.4 is 0 Å². The Morgan fingerprint density at radius 2 is 0.812 bits per heavy atom. The van der Waals surface area contributed by atoms with Gasteiger partial charge in [-0.3, -0.25) is 0 Å². The van der Waals surface area contributed by atoms with Crippen molar-refractivity contribution in [2.45, 2.75) is 33.4 Å². The third-order valence-corrected chi connectivity index (χ3v) is 13.4. The topological polar surface area (TPSA) is 0 Å². The van der Waals surface area contributed by atoms with Crippen molar-refractivity contribution in [1.82, 2.24) is 0 Å². The molecule has 0 amide bonds. The van der Waals surface area contributed by atoms with Crippen LogP contribution in [0.15, 0.2) is 101 Å². The van der Waals surface area contributed by atoms with Crippen LogP contribution in [0.25, 0.3) is 20.9 Å². The van der Waals surface area contributed by atoms with E-state index < -0.39 is 0 Å². The largest absolute Gasteiger partial charge is 0.135 e. The molecule has 0 bridgehead atoms. The summed E-state index contributed by atoms with van der Waals surface area (Å²) in [6.45, 7) is 4.52. The fraction of sp³-hybridized carbons (Fsp3) is 0.0769. The molecule has 0 unspecified atom stereocenters. The van der Waals surface area contributed by atoms with Gasteiger partial charge < -0.3 is 0 Å². The van der Waals surface area contributed by atoms with Crippen LogP contribution in [0.5, 0.6) is 0 Å². The van der Waals surface area contributed by atoms with Crippen molar-refractivity contribution in [3.63, 3.8) is 0 Å². The molecule has 2 aromatic carbocycles. The lowest BCUT2D eigenvalue weighted by atomic mass is 10.2. The summed E-state index contributed by atoms with van der Waals surface area (Å²) < 4.78 is 2.81. The van der Waals surface area contributed by atoms with Crippen molar-refractivity contribution in [2.75, 3.05) is 0 Å². The van der Waals surface area contributed by atoms with E-state index >= 15 is 0 Å². The van der Waals surface area contributed by atoms with Crippen LogP contribution in [0.1, 0.15) is 23.6 Å². The molecular formula is C26H18S6. The third-order valence-electron chi connectivity index (χ3n) is 5.32. The number of allylic oxidation sites excluding steroid dienone is 2. The zero-order chi connectivity index (χ0) is 21.7. The highest BCUT2D eigenvalue weighted by atomic mass is 32.2. The Kier molecular flexibility index (Phi) is 5.86. The van der Waals surface area contributed by atoms with Crippen molar-refractivity contribution in [3.05, 3.63) is 91.0 Å². The molecule has 0 radical (unpaired) electrons. The molecule has 6 rings (SSSR count). The molecular weight excluding hydrogens is 505 g/mol. The molecule has 158 valence electrons. The molecule has 2 aliphatic heterocycles. The van der Waals surface area contributed by atoms with Gasteiger partial charge in [-0.2, -0.15) is 0 Å². The van der Waals surface area contributed by atoms with Crippen LogP contribution in [0.2, 0.25) is 0 Å². The fourth-order valence-corrected chi connectivity index (χ4v) is 10.9. The Bertz CT molecular complexity index is 1240. The van der Waals surface area contributed by atoms with Gasteiger partial charge in [-0.05, 0) is 73.5 Å². The smallest absolute Gasteiger partial charge is 0.0542 e. The van der Waals surface area contributed by atoms with Gasteiger partial charge in [0.1, 0.15) is 0 Å². The molecule has 0 nitrogen and oxygen atoms in total. The van der Waals surface area contributed by atoms with Crippen LogP contribution in [-0.4, -0.2) is 0 Å². The average Bonchev–Trinajstić information content (AvgIpc) is 3.61. The average molecular weight is 523 g/mol. The van der Waals surface area contributed by atoms with E-state index in [9.17, 15) is 0 Å². The van der Waals surface area contributed by atoms with E-state index in [2.05, 4.69) is 86.6 Å². The Hall–Kier alpha value is -1.28. The highest BCUT2D eigenvalue weighted by Crippen LogP contribution is 2.55. The lowest BCUT2D eigenvalue weighted by Crippen LogP contribution is -1.73. The van der Waals surface area contributed by atoms with Crippen molar-refractivity contribution in [1.29, 1.82) is 0 Å². The summed E-state index contributed by atoms with van der Waals surface area (Å²) >= 11 is 11.4. The molecule has 0 saturated heterocycles. The quantitative estimate of drug-likeness (QED) is 0.262. The lowest BCUT2D eigenvalue weighted by molar-refractivity contribution is 1.27. The number of fused-ring (bicyclic) bond motifs is 2. The minimum Gasteiger partial charge on any atom is -0.135 e. The molecule has 0 atom stereocenters. The second kappa shape index (κ2) is 8.82. The van der Waals surface area contributed by atoms with Gasteiger partial charge in [-0.25, -0.2) is 0 Å². The molecule has 0 fully saturated rings. The van der Waals surface area contributed by atoms with Gasteiger partial charge in [0.2, 0.25) is 0 Å². The molecule has 0 N–H and O–H groups in total. The molecule has 6 heteroatoms. The second-order valence-electron chi connectivity index (χ2n) is 7.45. The predicted molar refractivity (Wildman–Crippen MR) is 149 cm³/mol. The zero-order valence-corrected chi connectivity index (χ0v) is 22.3. The number of rotatable bonds is 3. The van der Waals surface area contributed by atoms with E-state index in [1.54, 1.807) is 0 Å². The minimum absolute atomic E-state index is 1.36. The first-order valence-electron chi connectivity index (χ1n) is 10.2. The van der Waals surface area contributed by atoms with Gasteiger partial charge in [-0.1, -0.05) is 71.3 Å². The van der Waals surface area contributed by atoms with Crippen molar-refractivity contribution in [3.8, 4) is 9.75 Å². The standard InChI is InChI=1S/C26H18S6/c1-15(25-29-19-7-3-4-8-20(19)30-25)17-11-13-23(27-17)24-14-12-18(28-24)16(2)26-31-21-9-5-6-10-22(21)32-26/h3-14H,1-2H3. The first-order chi connectivity index (χ1) is 15.7. The van der Waals surface area contributed by atoms with Crippen LogP contribution in [0.4, 0.5) is 0 Å². The lowest BCUT2D eigenvalue weighted by Gasteiger charge is -2.02. The summed E-state index contributed by atoms with van der Waals surface area (Å²) in [6, 6.07) is 26.5. The fourth-order valence-electron chi connectivity index (χ4n) is 3.53. The van der Waals surface area contributed by atoms with Gasteiger partial charge in [0.05, 0.1) is 8.47 Å². The summed E-state index contributed by atoms with van der Waals surface area (Å²) in [5, 5.41) is 0. The maximum absolute atomic E-state index is 2.29. The summed E-state index contributed by atoms with van der Waals surface area (Å²) in [5.74, 6) is 0. The molecule has 0 aliphatic carbocycles. The van der Waals surface area contributed by atoms with Crippen LogP contribution in [-0.2, 0) is 0 Å². The van der Waals surface area contributed by atoms with Gasteiger partial charge in [0, 0.05) is 39.1 Å². The molecule has 4 aromatic rings. The SMILES string of the molecule is CC(=C1Sc2ccccc2S1)c1ccc(-c2ccc(C(C)=C3Sc4ccccc4S3)s2)s1. The maximum Gasteiger partial charge on any atom is 0.0542 e. The van der Waals surface area contributed by atoms with E-state index in [-0.39, 0.29) is 0 Å². The minimum atomic E-state index is 1.36. The first-order valence-corrected chi connectivity index (χ1v) is 15.1. The molecule has 4 heterocycles. The number of hydrogen-bond acceptors (Lipinski definition) is 6. The third kappa shape index (κ3) is 3.95. The number of thioether (sulfide) groups is 4. The monoisotopic (exact) mass is 522 g/mol. The molecule has 2 aromatic heterocycles. The van der Waals surface area contributed by atoms with Gasteiger partial charge in [0.25, 0.3) is 0 Å². The summed E-state index contributed by atoms with van der Waals surface area (Å²) in [7, 11) is 0. The van der Waals surface area contributed by atoms with E-state index in [0.29, 0.717) is 0 Å². The Labute approximate surface area is 213 Å². The molecule has 32 heavy (non-hydrogen) atoms. The first kappa shape index (κ1) is 21.3. The van der Waals surface area contributed by atoms with Crippen molar-refractivity contribution < 1.29 is 0 Å². The zero-order valence-electron chi connectivity index (χ0n) is 17.4. The number of benzene rings is 2. The van der Waals surface area contributed by atoms with Gasteiger partial charge >= 0.3 is 0 Å². The van der Waals surface area contributed by atoms with Crippen LogP contribution >= 0.6 is 69.7 Å². The summed E-state index contributed by atoms with van der Waals surface area (Å²) in [4.78, 5) is 10.9. The Balaban J connectivity index is 1.25. The highest BCUT2D eigenvalue weighted by Gasteiger charge is 2.22. The highest BCUT2D eigenvalue weighted by molar-refractivity contribution is 8.25. The maximum atomic E-state index is 2.29. The molecule has 0 spiro atoms. The summed E-state index contributed by atoms with van der Waals surface area (Å²) in [5.41, 5.74) is 2.78. The Morgan fingerprint density at radius 1 is 0.469 bits per heavy atom. The van der Waals surface area contributed by atoms with Gasteiger partial charge in [0.15, 0.2) is 0 Å². The molecule has 2 aliphatic rings. The number of hydrogen-bond donors (Lipinski definition) is 0. The van der Waals surface area contributed by atoms with Crippen LogP contribution in [0.3, 0.4) is 0 Å². The molecule has 0 saturated carbocycles. The van der Waals surface area contributed by atoms with E-state index in [4.69, 9.17) is 0 Å². The second-order valence-corrected chi connectivity index (χ2v) is 14.3. The van der Waals surface area contributed by atoms with Crippen molar-refractivity contribution >= 4 is 80.9 Å².